The van der Waals surface area contributed by atoms with E-state index in [-0.39, 0.29) is 5.91 Å². The zero-order chi connectivity index (χ0) is 19.2. The fourth-order valence-corrected chi connectivity index (χ4v) is 3.49. The first-order valence-corrected chi connectivity index (χ1v) is 9.18. The summed E-state index contributed by atoms with van der Waals surface area (Å²) in [5, 5.41) is 1.99. The molecule has 1 amide bonds. The average molecular weight is 387 g/mol. The molecule has 0 spiro atoms. The van der Waals surface area contributed by atoms with Crippen molar-refractivity contribution in [1.82, 2.24) is 4.90 Å². The molecule has 7 heteroatoms. The van der Waals surface area contributed by atoms with Gasteiger partial charge in [-0.15, -0.1) is 11.3 Å². The van der Waals surface area contributed by atoms with E-state index in [2.05, 4.69) is 0 Å². The average Bonchev–Trinajstić information content (AvgIpc) is 3.39. The Morgan fingerprint density at radius 3 is 2.30 bits per heavy atom. The van der Waals surface area contributed by atoms with Crippen molar-refractivity contribution < 1.29 is 23.4 Å². The number of carbonyl (C=O) groups excluding carboxylic acids is 1. The number of thiophene rings is 1. The third kappa shape index (κ3) is 4.25. The molecule has 0 aliphatic rings. The second kappa shape index (κ2) is 8.64. The van der Waals surface area contributed by atoms with Crippen LogP contribution in [0.2, 0.25) is 0 Å². The number of nitrogens with zero attached hydrogens (tertiary/aromatic N) is 1. The molecule has 142 valence electrons. The lowest BCUT2D eigenvalue weighted by atomic mass is 10.1. The van der Waals surface area contributed by atoms with Crippen LogP contribution >= 0.6 is 11.3 Å². The van der Waals surface area contributed by atoms with Crippen LogP contribution in [-0.4, -0.2) is 32.1 Å². The van der Waals surface area contributed by atoms with Gasteiger partial charge in [0.15, 0.2) is 11.5 Å². The van der Waals surface area contributed by atoms with E-state index >= 15 is 0 Å². The summed E-state index contributed by atoms with van der Waals surface area (Å²) in [4.78, 5) is 16.1. The van der Waals surface area contributed by atoms with Gasteiger partial charge in [0.2, 0.25) is 5.75 Å². The Balaban J connectivity index is 1.95. The summed E-state index contributed by atoms with van der Waals surface area (Å²) in [7, 11) is 4.58. The Hall–Kier alpha value is -2.93. The molecule has 0 fully saturated rings. The van der Waals surface area contributed by atoms with Gasteiger partial charge in [-0.25, -0.2) is 0 Å². The molecular weight excluding hydrogens is 366 g/mol. The number of methoxy groups -OCH3 is 3. The van der Waals surface area contributed by atoms with Crippen LogP contribution in [0, 0.1) is 0 Å². The number of hydrogen-bond donors (Lipinski definition) is 0. The van der Waals surface area contributed by atoms with Gasteiger partial charge in [-0.2, -0.15) is 0 Å². The van der Waals surface area contributed by atoms with Crippen molar-refractivity contribution >= 4 is 17.2 Å². The predicted molar refractivity (Wildman–Crippen MR) is 103 cm³/mol. The number of amides is 1. The topological polar surface area (TPSA) is 61.1 Å². The summed E-state index contributed by atoms with van der Waals surface area (Å²) in [5.41, 5.74) is 0.451. The zero-order valence-electron chi connectivity index (χ0n) is 15.4. The van der Waals surface area contributed by atoms with Crippen molar-refractivity contribution in [2.75, 3.05) is 21.3 Å². The minimum Gasteiger partial charge on any atom is -0.493 e. The Kier molecular flexibility index (Phi) is 6.03. The van der Waals surface area contributed by atoms with E-state index in [1.54, 1.807) is 34.6 Å². The normalized spacial score (nSPS) is 10.5. The van der Waals surface area contributed by atoms with Crippen LogP contribution in [0.15, 0.2) is 52.5 Å². The summed E-state index contributed by atoms with van der Waals surface area (Å²) in [6.07, 6.45) is 1.60. The second-order valence-corrected chi connectivity index (χ2v) is 6.77. The van der Waals surface area contributed by atoms with Crippen molar-refractivity contribution in [2.24, 2.45) is 0 Å². The van der Waals surface area contributed by atoms with Crippen molar-refractivity contribution in [3.63, 3.8) is 0 Å². The van der Waals surface area contributed by atoms with Crippen molar-refractivity contribution in [1.29, 1.82) is 0 Å². The SMILES string of the molecule is COc1cc(C(=O)N(Cc2ccco2)Cc2cccs2)cc(OC)c1OC. The molecule has 3 aromatic rings. The molecule has 6 nitrogen and oxygen atoms in total. The number of rotatable bonds is 8. The van der Waals surface area contributed by atoms with E-state index in [0.717, 1.165) is 4.88 Å². The molecule has 0 aliphatic heterocycles. The van der Waals surface area contributed by atoms with Crippen LogP contribution in [0.1, 0.15) is 21.0 Å². The molecule has 27 heavy (non-hydrogen) atoms. The molecule has 0 saturated heterocycles. The van der Waals surface area contributed by atoms with Crippen LogP contribution in [0.3, 0.4) is 0 Å². The minimum absolute atomic E-state index is 0.154. The highest BCUT2D eigenvalue weighted by Crippen LogP contribution is 2.38. The lowest BCUT2D eigenvalue weighted by Crippen LogP contribution is -2.29. The fraction of sp³-hybridized carbons (Fsp3) is 0.250. The maximum absolute atomic E-state index is 13.3. The number of carbonyl (C=O) groups is 1. The summed E-state index contributed by atoms with van der Waals surface area (Å²) in [6, 6.07) is 10.9. The second-order valence-electron chi connectivity index (χ2n) is 5.73. The summed E-state index contributed by atoms with van der Waals surface area (Å²) in [6.45, 7) is 0.842. The first-order chi connectivity index (χ1) is 13.2. The minimum atomic E-state index is -0.154. The highest BCUT2D eigenvalue weighted by Gasteiger charge is 2.22. The standard InChI is InChI=1S/C20H21NO5S/c1-23-17-10-14(11-18(24-2)19(17)25-3)20(22)21(12-15-6-4-8-26-15)13-16-7-5-9-27-16/h4-11H,12-13H2,1-3H3. The third-order valence-electron chi connectivity index (χ3n) is 4.05. The van der Waals surface area contributed by atoms with Gasteiger partial charge in [0.25, 0.3) is 5.91 Å². The van der Waals surface area contributed by atoms with E-state index in [4.69, 9.17) is 18.6 Å². The summed E-state index contributed by atoms with van der Waals surface area (Å²) in [5.74, 6) is 1.89. The van der Waals surface area contributed by atoms with Gasteiger partial charge in [0.05, 0.1) is 40.7 Å². The molecule has 1 aromatic carbocycles. The van der Waals surface area contributed by atoms with Gasteiger partial charge in [-0.1, -0.05) is 6.07 Å². The number of furan rings is 1. The number of ether oxygens (including phenoxy) is 3. The first-order valence-electron chi connectivity index (χ1n) is 8.30. The largest absolute Gasteiger partial charge is 0.493 e. The van der Waals surface area contributed by atoms with Crippen LogP contribution in [0.5, 0.6) is 17.2 Å². The van der Waals surface area contributed by atoms with E-state index in [1.165, 1.54) is 21.3 Å². The van der Waals surface area contributed by atoms with Crippen molar-refractivity contribution in [2.45, 2.75) is 13.1 Å². The van der Waals surface area contributed by atoms with E-state index < -0.39 is 0 Å². The highest BCUT2D eigenvalue weighted by atomic mass is 32.1. The van der Waals surface area contributed by atoms with E-state index in [1.807, 2.05) is 29.6 Å². The number of hydrogen-bond acceptors (Lipinski definition) is 6. The van der Waals surface area contributed by atoms with Crippen LogP contribution in [0.4, 0.5) is 0 Å². The smallest absolute Gasteiger partial charge is 0.254 e. The maximum atomic E-state index is 13.3. The molecule has 0 aliphatic carbocycles. The molecule has 0 radical (unpaired) electrons. The molecule has 2 aromatic heterocycles. The molecule has 0 atom stereocenters. The van der Waals surface area contributed by atoms with Crippen molar-refractivity contribution in [3.05, 3.63) is 64.2 Å². The van der Waals surface area contributed by atoms with Crippen LogP contribution in [0.25, 0.3) is 0 Å². The van der Waals surface area contributed by atoms with Gasteiger partial charge in [-0.3, -0.25) is 4.79 Å². The summed E-state index contributed by atoms with van der Waals surface area (Å²) >= 11 is 1.60. The Morgan fingerprint density at radius 1 is 1.04 bits per heavy atom. The van der Waals surface area contributed by atoms with Crippen LogP contribution in [-0.2, 0) is 13.1 Å². The van der Waals surface area contributed by atoms with Gasteiger partial charge < -0.3 is 23.5 Å². The summed E-state index contributed by atoms with van der Waals surface area (Å²) < 4.78 is 21.5. The molecule has 0 saturated carbocycles. The van der Waals surface area contributed by atoms with Crippen LogP contribution < -0.4 is 14.2 Å². The molecular formula is C20H21NO5S. The van der Waals surface area contributed by atoms with Gasteiger partial charge in [0, 0.05) is 10.4 Å². The molecule has 0 unspecified atom stereocenters. The van der Waals surface area contributed by atoms with Gasteiger partial charge in [0.1, 0.15) is 5.76 Å². The van der Waals surface area contributed by atoms with Gasteiger partial charge >= 0.3 is 0 Å². The van der Waals surface area contributed by atoms with Crippen molar-refractivity contribution in [3.8, 4) is 17.2 Å². The molecule has 2 heterocycles. The quantitative estimate of drug-likeness (QED) is 0.579. The Morgan fingerprint density at radius 2 is 1.78 bits per heavy atom. The molecule has 0 N–H and O–H groups in total. The third-order valence-corrected chi connectivity index (χ3v) is 4.91. The molecule has 3 rings (SSSR count). The monoisotopic (exact) mass is 387 g/mol. The fourth-order valence-electron chi connectivity index (χ4n) is 2.77. The van der Waals surface area contributed by atoms with E-state index in [0.29, 0.717) is 41.7 Å². The number of benzene rings is 1. The Bertz CT molecular complexity index is 813. The predicted octanol–water partition coefficient (Wildman–Crippen LogP) is 4.21. The lowest BCUT2D eigenvalue weighted by molar-refractivity contribution is 0.0718. The first kappa shape index (κ1) is 18.8. The lowest BCUT2D eigenvalue weighted by Gasteiger charge is -2.22. The Labute approximate surface area is 161 Å². The van der Waals surface area contributed by atoms with Gasteiger partial charge in [-0.05, 0) is 35.7 Å². The molecule has 0 bridgehead atoms. The zero-order valence-corrected chi connectivity index (χ0v) is 16.2. The maximum Gasteiger partial charge on any atom is 0.254 e. The highest BCUT2D eigenvalue weighted by molar-refractivity contribution is 7.09. The van der Waals surface area contributed by atoms with E-state index in [9.17, 15) is 4.79 Å².